The summed E-state index contributed by atoms with van der Waals surface area (Å²) in [6.45, 7) is -0.156. The molecule has 0 aliphatic carbocycles. The topological polar surface area (TPSA) is 94.4 Å². The molecule has 1 heterocycles. The van der Waals surface area contributed by atoms with Crippen LogP contribution in [-0.2, 0) is 14.2 Å². The van der Waals surface area contributed by atoms with Crippen molar-refractivity contribution in [1.82, 2.24) is 0 Å². The summed E-state index contributed by atoms with van der Waals surface area (Å²) in [5, 5.41) is 12.2. The fourth-order valence-electron chi connectivity index (χ4n) is 2.39. The molecule has 0 saturated carbocycles. The summed E-state index contributed by atoms with van der Waals surface area (Å²) in [7, 11) is 0. The highest BCUT2D eigenvalue weighted by Gasteiger charge is 2.25. The first-order valence-electron chi connectivity index (χ1n) is 8.21. The second-order valence-corrected chi connectivity index (χ2v) is 5.65. The standard InChI is InChI=1S/C20H17NO6/c22-19(14-7-3-1-4-8-14)26-12-16-11-18(17(21-24)13-25-16)27-20(23)15-9-5-2-6-10-15/h1-11,16,24H,12-13H2/b21-17+/t16-/m0/s1. The smallest absolute Gasteiger partial charge is 0.343 e. The lowest BCUT2D eigenvalue weighted by Gasteiger charge is -2.22. The minimum absolute atomic E-state index is 0.0679. The fourth-order valence-corrected chi connectivity index (χ4v) is 2.39. The van der Waals surface area contributed by atoms with Crippen LogP contribution in [0.3, 0.4) is 0 Å². The molecule has 1 aliphatic rings. The van der Waals surface area contributed by atoms with E-state index < -0.39 is 18.0 Å². The molecule has 7 nitrogen and oxygen atoms in total. The van der Waals surface area contributed by atoms with E-state index in [1.807, 2.05) is 0 Å². The van der Waals surface area contributed by atoms with Crippen LogP contribution in [-0.4, -0.2) is 42.2 Å². The molecular formula is C20H17NO6. The van der Waals surface area contributed by atoms with Gasteiger partial charge in [0.15, 0.2) is 5.76 Å². The third-order valence-electron chi connectivity index (χ3n) is 3.78. The first kappa shape index (κ1) is 18.3. The van der Waals surface area contributed by atoms with Gasteiger partial charge >= 0.3 is 11.9 Å². The number of carbonyl (C=O) groups excluding carboxylic acids is 2. The summed E-state index contributed by atoms with van der Waals surface area (Å²) in [5.41, 5.74) is 0.852. The Morgan fingerprint density at radius 3 is 2.19 bits per heavy atom. The first-order valence-corrected chi connectivity index (χ1v) is 8.21. The minimum Gasteiger partial charge on any atom is -0.459 e. The Morgan fingerprint density at radius 2 is 1.59 bits per heavy atom. The van der Waals surface area contributed by atoms with Gasteiger partial charge < -0.3 is 19.4 Å². The molecule has 0 saturated heterocycles. The molecule has 0 bridgehead atoms. The molecule has 1 atom stereocenters. The van der Waals surface area contributed by atoms with Crippen molar-refractivity contribution in [2.45, 2.75) is 6.10 Å². The zero-order valence-electron chi connectivity index (χ0n) is 14.3. The van der Waals surface area contributed by atoms with E-state index in [-0.39, 0.29) is 24.7 Å². The largest absolute Gasteiger partial charge is 0.459 e. The van der Waals surface area contributed by atoms with Crippen LogP contribution in [0.1, 0.15) is 20.7 Å². The predicted octanol–water partition coefficient (Wildman–Crippen LogP) is 2.81. The van der Waals surface area contributed by atoms with Gasteiger partial charge in [0, 0.05) is 0 Å². The number of hydrogen-bond acceptors (Lipinski definition) is 7. The molecule has 7 heteroatoms. The summed E-state index contributed by atoms with van der Waals surface area (Å²) in [5.74, 6) is -1.01. The van der Waals surface area contributed by atoms with Crippen molar-refractivity contribution in [3.05, 3.63) is 83.6 Å². The van der Waals surface area contributed by atoms with Crippen LogP contribution in [0.2, 0.25) is 0 Å². The van der Waals surface area contributed by atoms with Crippen molar-refractivity contribution in [2.24, 2.45) is 5.16 Å². The van der Waals surface area contributed by atoms with E-state index in [1.54, 1.807) is 60.7 Å². The normalized spacial score (nSPS) is 17.9. The molecule has 1 N–H and O–H groups in total. The van der Waals surface area contributed by atoms with Crippen molar-refractivity contribution >= 4 is 17.7 Å². The molecule has 138 valence electrons. The second-order valence-electron chi connectivity index (χ2n) is 5.65. The lowest BCUT2D eigenvalue weighted by atomic mass is 10.2. The molecule has 27 heavy (non-hydrogen) atoms. The molecule has 1 aliphatic heterocycles. The Morgan fingerprint density at radius 1 is 1.00 bits per heavy atom. The SMILES string of the molecule is O=C(OC[C@@H]1C=C(OC(=O)c2ccccc2)/C(=N/O)CO1)c1ccccc1. The van der Waals surface area contributed by atoms with Gasteiger partial charge in [-0.15, -0.1) is 0 Å². The maximum atomic E-state index is 12.2. The first-order chi connectivity index (χ1) is 13.2. The van der Waals surface area contributed by atoms with Gasteiger partial charge in [-0.1, -0.05) is 41.6 Å². The predicted molar refractivity (Wildman–Crippen MR) is 95.6 cm³/mol. The van der Waals surface area contributed by atoms with Crippen molar-refractivity contribution in [3.8, 4) is 0 Å². The molecule has 2 aromatic rings. The maximum absolute atomic E-state index is 12.2. The van der Waals surface area contributed by atoms with E-state index in [2.05, 4.69) is 5.16 Å². The molecular weight excluding hydrogens is 350 g/mol. The van der Waals surface area contributed by atoms with Gasteiger partial charge in [-0.25, -0.2) is 9.59 Å². The van der Waals surface area contributed by atoms with Crippen LogP contribution in [0.25, 0.3) is 0 Å². The Kier molecular flexibility index (Phi) is 5.96. The van der Waals surface area contributed by atoms with Gasteiger partial charge in [0.05, 0.1) is 17.7 Å². The Bertz CT molecular complexity index is 861. The Hall–Kier alpha value is -3.45. The van der Waals surface area contributed by atoms with Crippen molar-refractivity contribution in [3.63, 3.8) is 0 Å². The summed E-state index contributed by atoms with van der Waals surface area (Å²) in [6, 6.07) is 17.0. The monoisotopic (exact) mass is 367 g/mol. The average Bonchev–Trinajstić information content (AvgIpc) is 2.73. The van der Waals surface area contributed by atoms with Crippen LogP contribution in [0.4, 0.5) is 0 Å². The summed E-state index contributed by atoms with van der Waals surface area (Å²) in [4.78, 5) is 24.2. The number of carbonyl (C=O) groups is 2. The number of rotatable bonds is 5. The maximum Gasteiger partial charge on any atom is 0.343 e. The number of nitrogens with zero attached hydrogens (tertiary/aromatic N) is 1. The Balaban J connectivity index is 1.66. The lowest BCUT2D eigenvalue weighted by Crippen LogP contribution is -2.31. The number of ether oxygens (including phenoxy) is 3. The van der Waals surface area contributed by atoms with E-state index in [4.69, 9.17) is 19.4 Å². The molecule has 3 rings (SSSR count). The summed E-state index contributed by atoms with van der Waals surface area (Å²) < 4.78 is 16.0. The number of esters is 2. The average molecular weight is 367 g/mol. The highest BCUT2D eigenvalue weighted by molar-refractivity contribution is 6.03. The molecule has 0 radical (unpaired) electrons. The number of oxime groups is 1. The summed E-state index contributed by atoms with van der Waals surface area (Å²) in [6.07, 6.45) is 0.805. The fraction of sp³-hybridized carbons (Fsp3) is 0.150. The van der Waals surface area contributed by atoms with Crippen LogP contribution in [0, 0.1) is 0 Å². The third-order valence-corrected chi connectivity index (χ3v) is 3.78. The minimum atomic E-state index is -0.637. The molecule has 0 fully saturated rings. The molecule has 0 spiro atoms. The van der Waals surface area contributed by atoms with Crippen LogP contribution in [0.5, 0.6) is 0 Å². The van der Waals surface area contributed by atoms with Crippen molar-refractivity contribution < 1.29 is 29.0 Å². The lowest BCUT2D eigenvalue weighted by molar-refractivity contribution is 0.0147. The molecule has 2 aromatic carbocycles. The summed E-state index contributed by atoms with van der Waals surface area (Å²) >= 11 is 0. The van der Waals surface area contributed by atoms with Gasteiger partial charge in [0.2, 0.25) is 0 Å². The van der Waals surface area contributed by atoms with E-state index in [9.17, 15) is 9.59 Å². The van der Waals surface area contributed by atoms with Gasteiger partial charge in [-0.3, -0.25) is 0 Å². The number of hydrogen-bond donors (Lipinski definition) is 1. The van der Waals surface area contributed by atoms with Gasteiger partial charge in [0.1, 0.15) is 18.4 Å². The van der Waals surface area contributed by atoms with Crippen LogP contribution >= 0.6 is 0 Å². The molecule has 0 amide bonds. The van der Waals surface area contributed by atoms with E-state index >= 15 is 0 Å². The third kappa shape index (κ3) is 4.80. The Labute approximate surface area is 155 Å². The zero-order valence-corrected chi connectivity index (χ0v) is 14.3. The molecule has 0 aromatic heterocycles. The van der Waals surface area contributed by atoms with E-state index in [1.165, 1.54) is 6.08 Å². The molecule has 0 unspecified atom stereocenters. The quantitative estimate of drug-likeness (QED) is 0.496. The van der Waals surface area contributed by atoms with Gasteiger partial charge in [-0.05, 0) is 30.3 Å². The van der Waals surface area contributed by atoms with Gasteiger partial charge in [0.25, 0.3) is 0 Å². The van der Waals surface area contributed by atoms with Crippen molar-refractivity contribution in [1.29, 1.82) is 0 Å². The van der Waals surface area contributed by atoms with Crippen LogP contribution in [0.15, 0.2) is 77.7 Å². The second kappa shape index (κ2) is 8.77. The number of benzene rings is 2. The highest BCUT2D eigenvalue weighted by atomic mass is 16.6. The van der Waals surface area contributed by atoms with Crippen LogP contribution < -0.4 is 0 Å². The zero-order chi connectivity index (χ0) is 19.1. The van der Waals surface area contributed by atoms with E-state index in [0.29, 0.717) is 11.1 Å². The van der Waals surface area contributed by atoms with Crippen molar-refractivity contribution in [2.75, 3.05) is 13.2 Å². The van der Waals surface area contributed by atoms with E-state index in [0.717, 1.165) is 0 Å². The van der Waals surface area contributed by atoms with Gasteiger partial charge in [-0.2, -0.15) is 0 Å². The highest BCUT2D eigenvalue weighted by Crippen LogP contribution is 2.16.